The van der Waals surface area contributed by atoms with Gasteiger partial charge in [0.05, 0.1) is 17.6 Å². The Morgan fingerprint density at radius 3 is 2.91 bits per heavy atom. The molecular weight excluding hydrogens is 304 g/mol. The lowest BCUT2D eigenvalue weighted by molar-refractivity contribution is 0.0790. The van der Waals surface area contributed by atoms with Gasteiger partial charge in [-0.2, -0.15) is 5.10 Å². The van der Waals surface area contributed by atoms with E-state index in [0.29, 0.717) is 24.2 Å². The highest BCUT2D eigenvalue weighted by Gasteiger charge is 2.19. The van der Waals surface area contributed by atoms with Crippen LogP contribution < -0.4 is 0 Å². The second kappa shape index (κ2) is 6.15. The Morgan fingerprint density at radius 2 is 2.22 bits per heavy atom. The molecule has 1 N–H and O–H groups in total. The third kappa shape index (κ3) is 3.05. The number of carbonyl (C=O) groups is 1. The van der Waals surface area contributed by atoms with Gasteiger partial charge in [-0.3, -0.25) is 9.48 Å². The number of likely N-dealkylation sites (N-methyl/N-ethyl adjacent to an activating group) is 1. The van der Waals surface area contributed by atoms with Crippen LogP contribution in [0.25, 0.3) is 11.0 Å². The Hall–Kier alpha value is -2.77. The van der Waals surface area contributed by atoms with E-state index < -0.39 is 12.2 Å². The monoisotopic (exact) mass is 319 g/mol. The summed E-state index contributed by atoms with van der Waals surface area (Å²) in [5, 5.41) is 4.07. The number of H-pyrrole nitrogens is 1. The Balaban J connectivity index is 1.82. The summed E-state index contributed by atoms with van der Waals surface area (Å²) < 4.78 is 27.3. The summed E-state index contributed by atoms with van der Waals surface area (Å²) in [4.78, 5) is 20.5. The van der Waals surface area contributed by atoms with Gasteiger partial charge in [-0.1, -0.05) is 6.07 Å². The molecule has 0 bridgehead atoms. The van der Waals surface area contributed by atoms with Crippen molar-refractivity contribution in [3.05, 3.63) is 48.0 Å². The van der Waals surface area contributed by atoms with Crippen molar-refractivity contribution < 1.29 is 13.6 Å². The summed E-state index contributed by atoms with van der Waals surface area (Å²) in [6.07, 6.45) is 0.766. The average Bonchev–Trinajstić information content (AvgIpc) is 3.20. The van der Waals surface area contributed by atoms with Crippen LogP contribution >= 0.6 is 0 Å². The largest absolute Gasteiger partial charge is 0.340 e. The van der Waals surface area contributed by atoms with Gasteiger partial charge in [0.2, 0.25) is 0 Å². The zero-order valence-electron chi connectivity index (χ0n) is 12.4. The minimum Gasteiger partial charge on any atom is -0.340 e. The van der Waals surface area contributed by atoms with Gasteiger partial charge in [0.25, 0.3) is 12.3 Å². The Kier molecular flexibility index (Phi) is 4.05. The zero-order valence-corrected chi connectivity index (χ0v) is 12.4. The minimum atomic E-state index is -2.71. The third-order valence-corrected chi connectivity index (χ3v) is 3.54. The van der Waals surface area contributed by atoms with Crippen molar-refractivity contribution in [2.45, 2.75) is 13.0 Å². The fourth-order valence-electron chi connectivity index (χ4n) is 2.32. The number of alkyl halides is 2. The van der Waals surface area contributed by atoms with E-state index in [-0.39, 0.29) is 11.4 Å². The van der Waals surface area contributed by atoms with Gasteiger partial charge >= 0.3 is 0 Å². The van der Waals surface area contributed by atoms with Crippen molar-refractivity contribution in [1.29, 1.82) is 0 Å². The fraction of sp³-hybridized carbons (Fsp3) is 0.267. The number of fused-ring (bicyclic) bond motifs is 1. The molecule has 3 aromatic rings. The Morgan fingerprint density at radius 1 is 1.39 bits per heavy atom. The zero-order chi connectivity index (χ0) is 16.4. The molecule has 3 rings (SSSR count). The predicted molar refractivity (Wildman–Crippen MR) is 80.2 cm³/mol. The summed E-state index contributed by atoms with van der Waals surface area (Å²) in [6.45, 7) is 0.997. The number of hydrogen-bond acceptors (Lipinski definition) is 3. The van der Waals surface area contributed by atoms with Gasteiger partial charge in [-0.25, -0.2) is 13.8 Å². The first-order chi connectivity index (χ1) is 11.1. The second-order valence-corrected chi connectivity index (χ2v) is 5.12. The Bertz CT molecular complexity index is 813. The maximum atomic E-state index is 12.8. The van der Waals surface area contributed by atoms with Crippen molar-refractivity contribution in [2.75, 3.05) is 13.6 Å². The molecule has 0 atom stereocenters. The highest BCUT2D eigenvalue weighted by Crippen LogP contribution is 2.23. The number of aromatic nitrogens is 4. The fourth-order valence-corrected chi connectivity index (χ4v) is 2.32. The smallest absolute Gasteiger partial charge is 0.295 e. The van der Waals surface area contributed by atoms with Gasteiger partial charge in [-0.05, 0) is 18.2 Å². The molecule has 120 valence electrons. The molecule has 0 aliphatic rings. The normalized spacial score (nSPS) is 11.3. The van der Waals surface area contributed by atoms with Crippen molar-refractivity contribution in [2.24, 2.45) is 0 Å². The number of imidazole rings is 1. The number of halogens is 2. The average molecular weight is 319 g/mol. The van der Waals surface area contributed by atoms with Crippen LogP contribution in [-0.4, -0.2) is 44.1 Å². The standard InChI is InChI=1S/C15H15F2N5O/c1-21(8-9-22-7-3-6-18-22)15(23)10-4-2-5-11-12(10)20-14(19-11)13(16)17/h2-7,13H,8-9H2,1H3,(H,19,20). The highest BCUT2D eigenvalue weighted by molar-refractivity contribution is 6.04. The molecule has 0 fully saturated rings. The topological polar surface area (TPSA) is 66.8 Å². The van der Waals surface area contributed by atoms with E-state index in [9.17, 15) is 13.6 Å². The number of hydrogen-bond donors (Lipinski definition) is 1. The molecule has 0 aliphatic carbocycles. The van der Waals surface area contributed by atoms with Gasteiger partial charge in [0.1, 0.15) is 5.52 Å². The lowest BCUT2D eigenvalue weighted by Gasteiger charge is -2.17. The first kappa shape index (κ1) is 15.1. The van der Waals surface area contributed by atoms with E-state index >= 15 is 0 Å². The van der Waals surface area contributed by atoms with Gasteiger partial charge in [-0.15, -0.1) is 0 Å². The molecule has 0 spiro atoms. The van der Waals surface area contributed by atoms with Gasteiger partial charge in [0.15, 0.2) is 5.82 Å². The van der Waals surface area contributed by atoms with E-state index in [1.54, 1.807) is 42.2 Å². The molecule has 0 saturated carbocycles. The lowest BCUT2D eigenvalue weighted by Crippen LogP contribution is -2.30. The molecule has 1 aromatic carbocycles. The van der Waals surface area contributed by atoms with E-state index in [4.69, 9.17) is 0 Å². The van der Waals surface area contributed by atoms with Crippen LogP contribution in [0, 0.1) is 0 Å². The van der Waals surface area contributed by atoms with E-state index in [2.05, 4.69) is 15.1 Å². The molecule has 6 nitrogen and oxygen atoms in total. The quantitative estimate of drug-likeness (QED) is 0.785. The summed E-state index contributed by atoms with van der Waals surface area (Å²) in [7, 11) is 1.66. The number of para-hydroxylation sites is 1. The summed E-state index contributed by atoms with van der Waals surface area (Å²) in [5.74, 6) is -0.700. The number of amides is 1. The SMILES string of the molecule is CN(CCn1cccn1)C(=O)c1cccc2[nH]c(C(F)F)nc12. The van der Waals surface area contributed by atoms with Crippen LogP contribution in [0.2, 0.25) is 0 Å². The third-order valence-electron chi connectivity index (χ3n) is 3.54. The van der Waals surface area contributed by atoms with Crippen LogP contribution in [-0.2, 0) is 6.54 Å². The molecule has 2 heterocycles. The summed E-state index contributed by atoms with van der Waals surface area (Å²) >= 11 is 0. The first-order valence-electron chi connectivity index (χ1n) is 7.06. The number of benzene rings is 1. The van der Waals surface area contributed by atoms with Gasteiger partial charge in [0, 0.05) is 26.0 Å². The minimum absolute atomic E-state index is 0.263. The van der Waals surface area contributed by atoms with Crippen LogP contribution in [0.5, 0.6) is 0 Å². The van der Waals surface area contributed by atoms with E-state index in [0.717, 1.165) is 0 Å². The van der Waals surface area contributed by atoms with Crippen LogP contribution in [0.1, 0.15) is 22.6 Å². The van der Waals surface area contributed by atoms with Crippen molar-refractivity contribution >= 4 is 16.9 Å². The van der Waals surface area contributed by atoms with Crippen molar-refractivity contribution in [3.8, 4) is 0 Å². The summed E-state index contributed by atoms with van der Waals surface area (Å²) in [6, 6.07) is 6.66. The van der Waals surface area contributed by atoms with Crippen molar-refractivity contribution in [3.63, 3.8) is 0 Å². The molecule has 0 unspecified atom stereocenters. The molecule has 23 heavy (non-hydrogen) atoms. The summed E-state index contributed by atoms with van der Waals surface area (Å²) in [5.41, 5.74) is 0.985. The maximum Gasteiger partial charge on any atom is 0.295 e. The number of rotatable bonds is 5. The maximum absolute atomic E-state index is 12.8. The molecule has 0 saturated heterocycles. The first-order valence-corrected chi connectivity index (χ1v) is 7.06. The van der Waals surface area contributed by atoms with Crippen LogP contribution in [0.4, 0.5) is 8.78 Å². The molecule has 1 amide bonds. The Labute approximate surface area is 130 Å². The lowest BCUT2D eigenvalue weighted by atomic mass is 10.1. The second-order valence-electron chi connectivity index (χ2n) is 5.12. The van der Waals surface area contributed by atoms with E-state index in [1.807, 2.05) is 6.20 Å². The van der Waals surface area contributed by atoms with Crippen LogP contribution in [0.3, 0.4) is 0 Å². The molecule has 2 aromatic heterocycles. The molecule has 0 aliphatic heterocycles. The van der Waals surface area contributed by atoms with Crippen LogP contribution in [0.15, 0.2) is 36.7 Å². The van der Waals surface area contributed by atoms with E-state index in [1.165, 1.54) is 4.90 Å². The number of nitrogens with zero attached hydrogens (tertiary/aromatic N) is 4. The molecular formula is C15H15F2N5O. The van der Waals surface area contributed by atoms with Gasteiger partial charge < -0.3 is 9.88 Å². The predicted octanol–water partition coefficient (Wildman–Crippen LogP) is 2.47. The molecule has 8 heteroatoms. The number of aromatic amines is 1. The molecule has 0 radical (unpaired) electrons. The van der Waals surface area contributed by atoms with Crippen molar-refractivity contribution in [1.82, 2.24) is 24.6 Å². The number of nitrogens with one attached hydrogen (secondary N) is 1. The number of carbonyl (C=O) groups excluding carboxylic acids is 1. The highest BCUT2D eigenvalue weighted by atomic mass is 19.3.